The third kappa shape index (κ3) is 5.88. The summed E-state index contributed by atoms with van der Waals surface area (Å²) in [7, 11) is 2.12. The summed E-state index contributed by atoms with van der Waals surface area (Å²) in [6.45, 7) is 11.6. The number of carbonyl (C=O) groups excluding carboxylic acids is 1. The van der Waals surface area contributed by atoms with Crippen LogP contribution in [0.4, 0.5) is 5.69 Å². The summed E-state index contributed by atoms with van der Waals surface area (Å²) in [5.74, 6) is -0.0147. The van der Waals surface area contributed by atoms with Crippen LogP contribution in [0.15, 0.2) is 18.2 Å². The molecular weight excluding hydrogens is 236 g/mol. The Morgan fingerprint density at radius 1 is 1.16 bits per heavy atom. The molecule has 1 N–H and O–H groups in total. The van der Waals surface area contributed by atoms with Gasteiger partial charge in [-0.15, -0.1) is 0 Å². The lowest BCUT2D eigenvalue weighted by Crippen LogP contribution is -2.26. The standard InChI is InChI=1S/C12H16N2O.2C2H6/c1-9(15)13-12-4-3-10-5-6-14(2)8-11(10)7-12;2*1-2/h3-4,7H,5-6,8H2,1-2H3,(H,13,15);2*1-2H3. The van der Waals surface area contributed by atoms with Crippen LogP contribution in [-0.2, 0) is 17.8 Å². The number of carbonyl (C=O) groups is 1. The van der Waals surface area contributed by atoms with Gasteiger partial charge in [-0.1, -0.05) is 33.8 Å². The van der Waals surface area contributed by atoms with Gasteiger partial charge in [-0.05, 0) is 36.7 Å². The van der Waals surface area contributed by atoms with E-state index in [9.17, 15) is 4.79 Å². The van der Waals surface area contributed by atoms with Gasteiger partial charge in [-0.3, -0.25) is 4.79 Å². The second-order valence-corrected chi connectivity index (χ2v) is 4.15. The summed E-state index contributed by atoms with van der Waals surface area (Å²) < 4.78 is 0. The molecule has 0 spiro atoms. The first-order valence-electron chi connectivity index (χ1n) is 7.23. The largest absolute Gasteiger partial charge is 0.326 e. The van der Waals surface area contributed by atoms with E-state index < -0.39 is 0 Å². The first kappa shape index (κ1) is 17.6. The van der Waals surface area contributed by atoms with Gasteiger partial charge in [0.25, 0.3) is 0 Å². The molecule has 1 amide bonds. The molecule has 1 aliphatic heterocycles. The van der Waals surface area contributed by atoms with Gasteiger partial charge in [0, 0.05) is 25.7 Å². The lowest BCUT2D eigenvalue weighted by atomic mass is 9.99. The smallest absolute Gasteiger partial charge is 0.221 e. The lowest BCUT2D eigenvalue weighted by molar-refractivity contribution is -0.114. The Bertz CT molecular complexity index is 388. The zero-order chi connectivity index (χ0) is 14.8. The van der Waals surface area contributed by atoms with Crippen LogP contribution in [0.5, 0.6) is 0 Å². The maximum Gasteiger partial charge on any atom is 0.221 e. The van der Waals surface area contributed by atoms with E-state index in [-0.39, 0.29) is 5.91 Å². The number of hydrogen-bond donors (Lipinski definition) is 1. The van der Waals surface area contributed by atoms with E-state index in [0.29, 0.717) is 0 Å². The maximum atomic E-state index is 10.9. The van der Waals surface area contributed by atoms with Crippen molar-refractivity contribution in [2.75, 3.05) is 18.9 Å². The molecule has 0 atom stereocenters. The summed E-state index contributed by atoms with van der Waals surface area (Å²) in [6, 6.07) is 6.17. The predicted molar refractivity (Wildman–Crippen MR) is 83.5 cm³/mol. The molecule has 2 rings (SSSR count). The van der Waals surface area contributed by atoms with Crippen LogP contribution in [0, 0.1) is 0 Å². The number of likely N-dealkylation sites (N-methyl/N-ethyl adjacent to an activating group) is 1. The van der Waals surface area contributed by atoms with E-state index in [1.807, 2.05) is 33.8 Å². The molecule has 19 heavy (non-hydrogen) atoms. The van der Waals surface area contributed by atoms with Gasteiger partial charge in [0.2, 0.25) is 5.91 Å². The lowest BCUT2D eigenvalue weighted by Gasteiger charge is -2.25. The molecule has 0 fully saturated rings. The van der Waals surface area contributed by atoms with E-state index in [0.717, 1.165) is 25.2 Å². The Hall–Kier alpha value is -1.35. The third-order valence-electron chi connectivity index (χ3n) is 2.73. The van der Waals surface area contributed by atoms with Crippen molar-refractivity contribution in [2.24, 2.45) is 0 Å². The van der Waals surface area contributed by atoms with E-state index in [1.54, 1.807) is 0 Å². The topological polar surface area (TPSA) is 32.3 Å². The molecular formula is C16H28N2O. The second-order valence-electron chi connectivity index (χ2n) is 4.15. The van der Waals surface area contributed by atoms with Crippen LogP contribution in [0.2, 0.25) is 0 Å². The molecule has 1 aromatic carbocycles. The average molecular weight is 264 g/mol. The highest BCUT2D eigenvalue weighted by Gasteiger charge is 2.13. The zero-order valence-electron chi connectivity index (χ0n) is 13.2. The second kappa shape index (κ2) is 9.56. The first-order valence-corrected chi connectivity index (χ1v) is 7.23. The summed E-state index contributed by atoms with van der Waals surface area (Å²) >= 11 is 0. The Morgan fingerprint density at radius 3 is 2.37 bits per heavy atom. The molecule has 0 unspecified atom stereocenters. The van der Waals surface area contributed by atoms with Crippen molar-refractivity contribution >= 4 is 11.6 Å². The molecule has 3 nitrogen and oxygen atoms in total. The fourth-order valence-electron chi connectivity index (χ4n) is 1.98. The van der Waals surface area contributed by atoms with E-state index >= 15 is 0 Å². The molecule has 3 heteroatoms. The van der Waals surface area contributed by atoms with Crippen LogP contribution in [0.3, 0.4) is 0 Å². The number of hydrogen-bond acceptors (Lipinski definition) is 2. The van der Waals surface area contributed by atoms with Crippen molar-refractivity contribution in [2.45, 2.75) is 47.6 Å². The minimum Gasteiger partial charge on any atom is -0.326 e. The van der Waals surface area contributed by atoms with E-state index in [4.69, 9.17) is 0 Å². The van der Waals surface area contributed by atoms with Crippen molar-refractivity contribution in [1.29, 1.82) is 0 Å². The van der Waals surface area contributed by atoms with Crippen molar-refractivity contribution in [1.82, 2.24) is 4.90 Å². The third-order valence-corrected chi connectivity index (χ3v) is 2.73. The molecule has 1 heterocycles. The SMILES string of the molecule is CC.CC.CC(=O)Nc1ccc2c(c1)CN(C)CC2. The number of nitrogens with zero attached hydrogens (tertiary/aromatic N) is 1. The summed E-state index contributed by atoms with van der Waals surface area (Å²) in [5.41, 5.74) is 3.63. The maximum absolute atomic E-state index is 10.9. The predicted octanol–water partition coefficient (Wildman–Crippen LogP) is 3.69. The van der Waals surface area contributed by atoms with Gasteiger partial charge in [-0.25, -0.2) is 0 Å². The normalized spacial score (nSPS) is 13.2. The van der Waals surface area contributed by atoms with Gasteiger partial charge in [-0.2, -0.15) is 0 Å². The molecule has 0 saturated carbocycles. The van der Waals surface area contributed by atoms with Crippen molar-refractivity contribution in [3.63, 3.8) is 0 Å². The van der Waals surface area contributed by atoms with Crippen LogP contribution in [-0.4, -0.2) is 24.4 Å². The highest BCUT2D eigenvalue weighted by molar-refractivity contribution is 5.88. The minimum atomic E-state index is -0.0147. The van der Waals surface area contributed by atoms with E-state index in [1.165, 1.54) is 18.1 Å². The van der Waals surface area contributed by atoms with Gasteiger partial charge in [0.1, 0.15) is 0 Å². The highest BCUT2D eigenvalue weighted by Crippen LogP contribution is 2.21. The van der Waals surface area contributed by atoms with Crippen LogP contribution in [0.25, 0.3) is 0 Å². The molecule has 0 radical (unpaired) electrons. The van der Waals surface area contributed by atoms with Crippen LogP contribution in [0.1, 0.15) is 45.7 Å². The molecule has 108 valence electrons. The number of rotatable bonds is 1. The van der Waals surface area contributed by atoms with Gasteiger partial charge < -0.3 is 10.2 Å². The average Bonchev–Trinajstić information content (AvgIpc) is 2.42. The molecule has 0 aliphatic carbocycles. The van der Waals surface area contributed by atoms with Crippen molar-refractivity contribution < 1.29 is 4.79 Å². The van der Waals surface area contributed by atoms with Crippen molar-refractivity contribution in [3.8, 4) is 0 Å². The summed E-state index contributed by atoms with van der Waals surface area (Å²) in [5, 5.41) is 2.81. The first-order chi connectivity index (χ1) is 9.15. The fraction of sp³-hybridized carbons (Fsp3) is 0.562. The van der Waals surface area contributed by atoms with Crippen molar-refractivity contribution in [3.05, 3.63) is 29.3 Å². The zero-order valence-corrected chi connectivity index (χ0v) is 13.2. The van der Waals surface area contributed by atoms with Gasteiger partial charge in [0.15, 0.2) is 0 Å². The minimum absolute atomic E-state index is 0.0147. The Labute approximate surface area is 118 Å². The molecule has 0 bridgehead atoms. The number of fused-ring (bicyclic) bond motifs is 1. The number of amides is 1. The van der Waals surface area contributed by atoms with E-state index in [2.05, 4.69) is 29.4 Å². The molecule has 0 saturated heterocycles. The monoisotopic (exact) mass is 264 g/mol. The summed E-state index contributed by atoms with van der Waals surface area (Å²) in [6.07, 6.45) is 1.10. The molecule has 1 aliphatic rings. The molecule has 0 aromatic heterocycles. The van der Waals surface area contributed by atoms with Crippen LogP contribution < -0.4 is 5.32 Å². The number of anilines is 1. The Balaban J connectivity index is 0.000000741. The van der Waals surface area contributed by atoms with Crippen LogP contribution >= 0.6 is 0 Å². The summed E-state index contributed by atoms with van der Waals surface area (Å²) in [4.78, 5) is 13.2. The number of nitrogens with one attached hydrogen (secondary N) is 1. The van der Waals surface area contributed by atoms with Gasteiger partial charge in [0.05, 0.1) is 0 Å². The molecule has 1 aromatic rings. The quantitative estimate of drug-likeness (QED) is 0.839. The van der Waals surface area contributed by atoms with Gasteiger partial charge >= 0.3 is 0 Å². The fourth-order valence-corrected chi connectivity index (χ4v) is 1.98. The number of benzene rings is 1. The Kier molecular flexibility index (Phi) is 8.88. The Morgan fingerprint density at radius 2 is 1.79 bits per heavy atom. The highest BCUT2D eigenvalue weighted by atomic mass is 16.1.